The molecule has 0 aliphatic rings. The van der Waals surface area contributed by atoms with Crippen molar-refractivity contribution in [2.45, 2.75) is 26.2 Å². The van der Waals surface area contributed by atoms with Gasteiger partial charge in [-0.05, 0) is 17.0 Å². The molecule has 2 heteroatoms. The zero-order chi connectivity index (χ0) is 10.1. The average molecular weight is 178 g/mol. The van der Waals surface area contributed by atoms with Crippen LogP contribution in [0.4, 0.5) is 5.82 Å². The molecule has 0 atom stereocenters. The molecular formula is C11H18N2. The summed E-state index contributed by atoms with van der Waals surface area (Å²) in [6.07, 6.45) is 1.95. The largest absolute Gasteiger partial charge is 0.363 e. The zero-order valence-corrected chi connectivity index (χ0v) is 9.13. The summed E-state index contributed by atoms with van der Waals surface area (Å²) in [4.78, 5) is 6.38. The zero-order valence-electron chi connectivity index (χ0n) is 9.13. The lowest BCUT2D eigenvalue weighted by Crippen LogP contribution is -2.14. The van der Waals surface area contributed by atoms with Crippen LogP contribution in [-0.4, -0.2) is 19.1 Å². The first kappa shape index (κ1) is 10.0. The van der Waals surface area contributed by atoms with Gasteiger partial charge in [0, 0.05) is 20.3 Å². The van der Waals surface area contributed by atoms with Gasteiger partial charge in [-0.15, -0.1) is 0 Å². The molecular weight excluding hydrogens is 160 g/mol. The van der Waals surface area contributed by atoms with Crippen molar-refractivity contribution < 1.29 is 0 Å². The van der Waals surface area contributed by atoms with Crippen molar-refractivity contribution in [2.24, 2.45) is 0 Å². The molecule has 0 saturated heterocycles. The molecule has 1 aromatic heterocycles. The first-order chi connectivity index (χ1) is 5.91. The molecule has 0 N–H and O–H groups in total. The predicted octanol–water partition coefficient (Wildman–Crippen LogP) is 2.45. The lowest BCUT2D eigenvalue weighted by atomic mass is 9.88. The number of pyridine rings is 1. The summed E-state index contributed by atoms with van der Waals surface area (Å²) in [7, 11) is 4.00. The number of anilines is 1. The van der Waals surface area contributed by atoms with Crippen molar-refractivity contribution in [3.8, 4) is 0 Å². The van der Waals surface area contributed by atoms with Gasteiger partial charge in [0.25, 0.3) is 0 Å². The highest BCUT2D eigenvalue weighted by Gasteiger charge is 2.13. The van der Waals surface area contributed by atoms with Crippen LogP contribution in [0.5, 0.6) is 0 Å². The first-order valence-electron chi connectivity index (χ1n) is 4.55. The Labute approximate surface area is 80.6 Å². The van der Waals surface area contributed by atoms with E-state index < -0.39 is 0 Å². The number of aromatic nitrogens is 1. The maximum atomic E-state index is 4.37. The smallest absolute Gasteiger partial charge is 0.127 e. The fourth-order valence-electron chi connectivity index (χ4n) is 1.09. The Bertz CT molecular complexity index is 267. The van der Waals surface area contributed by atoms with Gasteiger partial charge in [0.05, 0.1) is 0 Å². The van der Waals surface area contributed by atoms with Crippen molar-refractivity contribution in [3.05, 3.63) is 23.9 Å². The minimum Gasteiger partial charge on any atom is -0.363 e. The van der Waals surface area contributed by atoms with Crippen LogP contribution in [0.15, 0.2) is 18.3 Å². The van der Waals surface area contributed by atoms with Crippen molar-refractivity contribution in [2.75, 3.05) is 19.0 Å². The van der Waals surface area contributed by atoms with E-state index in [9.17, 15) is 0 Å². The van der Waals surface area contributed by atoms with Crippen LogP contribution in [0.3, 0.4) is 0 Å². The fraction of sp³-hybridized carbons (Fsp3) is 0.545. The second-order valence-electron chi connectivity index (χ2n) is 4.55. The SMILES string of the molecule is CN(C)c1ccc(C(C)(C)C)cn1. The van der Waals surface area contributed by atoms with Crippen molar-refractivity contribution >= 4 is 5.82 Å². The van der Waals surface area contributed by atoms with Gasteiger partial charge in [-0.2, -0.15) is 0 Å². The highest BCUT2D eigenvalue weighted by molar-refractivity contribution is 5.38. The van der Waals surface area contributed by atoms with Gasteiger partial charge >= 0.3 is 0 Å². The Morgan fingerprint density at radius 2 is 1.77 bits per heavy atom. The Hall–Kier alpha value is -1.05. The van der Waals surface area contributed by atoms with Gasteiger partial charge in [-0.25, -0.2) is 4.98 Å². The molecule has 2 nitrogen and oxygen atoms in total. The summed E-state index contributed by atoms with van der Waals surface area (Å²) in [6, 6.07) is 4.20. The number of rotatable bonds is 1. The average Bonchev–Trinajstić information content (AvgIpc) is 2.03. The van der Waals surface area contributed by atoms with Gasteiger partial charge < -0.3 is 4.90 Å². The van der Waals surface area contributed by atoms with Crippen molar-refractivity contribution in [3.63, 3.8) is 0 Å². The minimum absolute atomic E-state index is 0.192. The second kappa shape index (κ2) is 3.36. The third kappa shape index (κ3) is 2.44. The Kier molecular flexibility index (Phi) is 2.60. The Morgan fingerprint density at radius 3 is 2.08 bits per heavy atom. The van der Waals surface area contributed by atoms with E-state index in [0.29, 0.717) is 0 Å². The van der Waals surface area contributed by atoms with E-state index in [1.807, 2.05) is 25.2 Å². The summed E-state index contributed by atoms with van der Waals surface area (Å²) in [5.41, 5.74) is 1.47. The van der Waals surface area contributed by atoms with Crippen LogP contribution in [0.25, 0.3) is 0 Å². The van der Waals surface area contributed by atoms with Crippen LogP contribution in [0, 0.1) is 0 Å². The van der Waals surface area contributed by atoms with Crippen LogP contribution in [0.2, 0.25) is 0 Å². The van der Waals surface area contributed by atoms with E-state index in [1.165, 1.54) is 5.56 Å². The maximum Gasteiger partial charge on any atom is 0.127 e. The summed E-state index contributed by atoms with van der Waals surface area (Å²) >= 11 is 0. The standard InChI is InChI=1S/C11H18N2/c1-11(2,3)9-6-7-10(12-8-9)13(4)5/h6-8H,1-5H3. The van der Waals surface area contributed by atoms with Crippen molar-refractivity contribution in [1.82, 2.24) is 4.98 Å². The van der Waals surface area contributed by atoms with Crippen LogP contribution in [-0.2, 0) is 5.41 Å². The van der Waals surface area contributed by atoms with Gasteiger partial charge in [0.1, 0.15) is 5.82 Å². The molecule has 0 spiro atoms. The summed E-state index contributed by atoms with van der Waals surface area (Å²) in [6.45, 7) is 6.58. The molecule has 1 heterocycles. The predicted molar refractivity (Wildman–Crippen MR) is 57.3 cm³/mol. The lowest BCUT2D eigenvalue weighted by Gasteiger charge is -2.19. The summed E-state index contributed by atoms with van der Waals surface area (Å²) in [5.74, 6) is 1.01. The monoisotopic (exact) mass is 178 g/mol. The number of nitrogens with zero attached hydrogens (tertiary/aromatic N) is 2. The quantitative estimate of drug-likeness (QED) is 0.656. The summed E-state index contributed by atoms with van der Waals surface area (Å²) in [5, 5.41) is 0. The molecule has 0 aliphatic carbocycles. The third-order valence-corrected chi connectivity index (χ3v) is 2.07. The van der Waals surface area contributed by atoms with E-state index in [1.54, 1.807) is 0 Å². The van der Waals surface area contributed by atoms with Gasteiger partial charge in [0.15, 0.2) is 0 Å². The van der Waals surface area contributed by atoms with E-state index in [4.69, 9.17) is 0 Å². The Morgan fingerprint density at radius 1 is 1.15 bits per heavy atom. The van der Waals surface area contributed by atoms with Gasteiger partial charge in [0.2, 0.25) is 0 Å². The molecule has 0 aliphatic heterocycles. The van der Waals surface area contributed by atoms with E-state index in [0.717, 1.165) is 5.82 Å². The maximum absolute atomic E-state index is 4.37. The normalized spacial score (nSPS) is 11.5. The number of hydrogen-bond acceptors (Lipinski definition) is 2. The lowest BCUT2D eigenvalue weighted by molar-refractivity contribution is 0.587. The van der Waals surface area contributed by atoms with Crippen molar-refractivity contribution in [1.29, 1.82) is 0 Å². The molecule has 0 amide bonds. The van der Waals surface area contributed by atoms with Gasteiger partial charge in [-0.3, -0.25) is 0 Å². The topological polar surface area (TPSA) is 16.1 Å². The molecule has 0 unspecified atom stereocenters. The van der Waals surface area contributed by atoms with E-state index in [2.05, 4.69) is 37.9 Å². The molecule has 0 saturated carbocycles. The fourth-order valence-corrected chi connectivity index (χ4v) is 1.09. The third-order valence-electron chi connectivity index (χ3n) is 2.07. The Balaban J connectivity index is 2.94. The molecule has 1 aromatic rings. The molecule has 0 aromatic carbocycles. The van der Waals surface area contributed by atoms with Crippen LogP contribution < -0.4 is 4.90 Å². The minimum atomic E-state index is 0.192. The van der Waals surface area contributed by atoms with E-state index >= 15 is 0 Å². The first-order valence-corrected chi connectivity index (χ1v) is 4.55. The molecule has 0 bridgehead atoms. The van der Waals surface area contributed by atoms with E-state index in [-0.39, 0.29) is 5.41 Å². The van der Waals surface area contributed by atoms with Crippen LogP contribution in [0.1, 0.15) is 26.3 Å². The molecule has 0 fully saturated rings. The van der Waals surface area contributed by atoms with Gasteiger partial charge in [-0.1, -0.05) is 26.8 Å². The highest BCUT2D eigenvalue weighted by atomic mass is 15.1. The molecule has 72 valence electrons. The number of hydrogen-bond donors (Lipinski definition) is 0. The molecule has 1 rings (SSSR count). The van der Waals surface area contributed by atoms with Crippen LogP contribution >= 0.6 is 0 Å². The second-order valence-corrected chi connectivity index (χ2v) is 4.55. The molecule has 0 radical (unpaired) electrons. The molecule has 13 heavy (non-hydrogen) atoms. The summed E-state index contributed by atoms with van der Waals surface area (Å²) < 4.78 is 0. The highest BCUT2D eigenvalue weighted by Crippen LogP contribution is 2.22.